The number of ether oxygens (including phenoxy) is 1. The summed E-state index contributed by atoms with van der Waals surface area (Å²) in [7, 11) is 0. The normalized spacial score (nSPS) is 26.4. The number of esters is 1. The zero-order valence-corrected chi connectivity index (χ0v) is 22.2. The van der Waals surface area contributed by atoms with Gasteiger partial charge in [0.15, 0.2) is 5.60 Å². The van der Waals surface area contributed by atoms with Crippen LogP contribution in [-0.4, -0.2) is 26.5 Å². The second kappa shape index (κ2) is 8.21. The van der Waals surface area contributed by atoms with E-state index in [1.807, 2.05) is 0 Å². The van der Waals surface area contributed by atoms with Gasteiger partial charge in [-0.1, -0.05) is 13.8 Å². The molecule has 4 aliphatic rings. The van der Waals surface area contributed by atoms with Crippen LogP contribution < -0.4 is 10.9 Å². The molecule has 0 unspecified atom stereocenters. The zero-order valence-electron chi connectivity index (χ0n) is 22.2. The van der Waals surface area contributed by atoms with Crippen molar-refractivity contribution < 1.29 is 23.8 Å². The Morgan fingerprint density at radius 1 is 1.26 bits per heavy atom. The number of cyclic esters (lactones) is 1. The van der Waals surface area contributed by atoms with Crippen molar-refractivity contribution >= 4 is 22.8 Å². The van der Waals surface area contributed by atoms with Gasteiger partial charge >= 0.3 is 5.97 Å². The van der Waals surface area contributed by atoms with Gasteiger partial charge in [-0.15, -0.1) is 0 Å². The molecule has 3 aromatic rings. The Hall–Kier alpha value is -3.59. The summed E-state index contributed by atoms with van der Waals surface area (Å²) in [5.41, 5.74) is 2.84. The Balaban J connectivity index is 1.45. The van der Waals surface area contributed by atoms with Crippen LogP contribution in [0.15, 0.2) is 16.9 Å². The number of benzene rings is 1. The number of aromatic nitrogens is 2. The van der Waals surface area contributed by atoms with Gasteiger partial charge in [0, 0.05) is 28.5 Å². The summed E-state index contributed by atoms with van der Waals surface area (Å²) in [4.78, 5) is 44.2. The van der Waals surface area contributed by atoms with Gasteiger partial charge < -0.3 is 19.7 Å². The molecule has 2 aliphatic carbocycles. The molecule has 8 nitrogen and oxygen atoms in total. The fourth-order valence-corrected chi connectivity index (χ4v) is 7.11. The van der Waals surface area contributed by atoms with Crippen molar-refractivity contribution in [2.24, 2.45) is 11.8 Å². The van der Waals surface area contributed by atoms with E-state index in [1.165, 1.54) is 6.07 Å². The Labute approximate surface area is 224 Å². The third kappa shape index (κ3) is 3.25. The molecule has 1 saturated carbocycles. The predicted octanol–water partition coefficient (Wildman–Crippen LogP) is 3.68. The molecule has 2 N–H and O–H groups in total. The standard InChI is InChI=1S/C30H30FN3O5/c1-4-30(38)19-9-23-26-17(11-34(23)28(36)18(19)12-39-29(30)37)25-21(33-27(35)15-7-13(2)8-15)6-5-16-14(3)20(31)10-22(32-26)24(16)25/h9-10,13,15,21,38H,4-8,11-12H2,1-3H3,(H,33,35)/t13?,15?,21-,30-/m0/s1. The molecule has 39 heavy (non-hydrogen) atoms. The maximum Gasteiger partial charge on any atom is 0.343 e. The van der Waals surface area contributed by atoms with Crippen molar-refractivity contribution in [3.05, 3.63) is 61.7 Å². The highest BCUT2D eigenvalue weighted by atomic mass is 19.1. The maximum atomic E-state index is 15.0. The topological polar surface area (TPSA) is 111 Å². The van der Waals surface area contributed by atoms with Crippen molar-refractivity contribution in [3.8, 4) is 11.4 Å². The summed E-state index contributed by atoms with van der Waals surface area (Å²) in [5.74, 6) is -0.550. The molecule has 2 atom stereocenters. The quantitative estimate of drug-likeness (QED) is 0.391. The van der Waals surface area contributed by atoms with Crippen molar-refractivity contribution in [3.63, 3.8) is 0 Å². The Bertz CT molecular complexity index is 1690. The maximum absolute atomic E-state index is 15.0. The molecule has 1 aromatic carbocycles. The van der Waals surface area contributed by atoms with Gasteiger partial charge in [-0.3, -0.25) is 9.59 Å². The Kier molecular flexibility index (Phi) is 5.15. The summed E-state index contributed by atoms with van der Waals surface area (Å²) in [6.45, 7) is 5.60. The minimum Gasteiger partial charge on any atom is -0.458 e. The highest BCUT2D eigenvalue weighted by molar-refractivity contribution is 5.94. The lowest BCUT2D eigenvalue weighted by Gasteiger charge is -2.35. The summed E-state index contributed by atoms with van der Waals surface area (Å²) < 4.78 is 21.8. The number of rotatable bonds is 3. The number of nitrogens with zero attached hydrogens (tertiary/aromatic N) is 2. The minimum absolute atomic E-state index is 0.00229. The fourth-order valence-electron chi connectivity index (χ4n) is 7.11. The number of amides is 1. The van der Waals surface area contributed by atoms with Crippen LogP contribution in [0.25, 0.3) is 22.3 Å². The summed E-state index contributed by atoms with van der Waals surface area (Å²) in [6.07, 6.45) is 3.03. The van der Waals surface area contributed by atoms with Crippen LogP contribution in [0, 0.1) is 24.6 Å². The molecule has 4 heterocycles. The number of hydrogen-bond donors (Lipinski definition) is 2. The van der Waals surface area contributed by atoms with E-state index in [0.29, 0.717) is 41.2 Å². The first-order valence-electron chi connectivity index (χ1n) is 13.7. The predicted molar refractivity (Wildman–Crippen MR) is 140 cm³/mol. The fraction of sp³-hybridized carbons (Fsp3) is 0.467. The molecule has 1 amide bonds. The van der Waals surface area contributed by atoms with Crippen LogP contribution >= 0.6 is 0 Å². The molecule has 1 fully saturated rings. The number of nitrogens with one attached hydrogen (secondary N) is 1. The second-order valence-electron chi connectivity index (χ2n) is 11.7. The third-order valence-electron chi connectivity index (χ3n) is 9.44. The van der Waals surface area contributed by atoms with Crippen molar-refractivity contribution in [1.29, 1.82) is 0 Å². The van der Waals surface area contributed by atoms with Gasteiger partial charge in [0.1, 0.15) is 12.4 Å². The number of hydrogen-bond acceptors (Lipinski definition) is 6. The van der Waals surface area contributed by atoms with Crippen LogP contribution in [-0.2, 0) is 39.5 Å². The highest BCUT2D eigenvalue weighted by Gasteiger charge is 2.46. The third-order valence-corrected chi connectivity index (χ3v) is 9.44. The first-order valence-corrected chi connectivity index (χ1v) is 13.7. The van der Waals surface area contributed by atoms with Crippen molar-refractivity contribution in [2.45, 2.75) is 77.7 Å². The number of aryl methyl sites for hydroxylation is 1. The van der Waals surface area contributed by atoms with Crippen LogP contribution in [0.1, 0.15) is 79.0 Å². The van der Waals surface area contributed by atoms with Gasteiger partial charge in [0.25, 0.3) is 5.56 Å². The molecule has 2 aromatic heterocycles. The average Bonchev–Trinajstić information content (AvgIpc) is 3.27. The van der Waals surface area contributed by atoms with E-state index in [-0.39, 0.29) is 59.9 Å². The van der Waals surface area contributed by atoms with Crippen LogP contribution in [0.2, 0.25) is 0 Å². The number of carbonyl (C=O) groups excluding carboxylic acids is 2. The Morgan fingerprint density at radius 2 is 2.03 bits per heavy atom. The average molecular weight is 532 g/mol. The number of aliphatic hydroxyl groups is 1. The SMILES string of the molecule is CC[C@@]1(O)C(=O)OCc2c1cc1n(c2=O)Cc2c-1nc1cc(F)c(C)c3c1c2[C@@H](NC(=O)C1CC(C)C1)CC3. The molecule has 0 radical (unpaired) electrons. The van der Waals surface area contributed by atoms with Gasteiger partial charge in [-0.25, -0.2) is 14.2 Å². The first-order chi connectivity index (χ1) is 18.6. The molecular weight excluding hydrogens is 501 g/mol. The highest BCUT2D eigenvalue weighted by Crippen LogP contribution is 2.46. The van der Waals surface area contributed by atoms with E-state index in [1.54, 1.807) is 24.5 Å². The van der Waals surface area contributed by atoms with Crippen LogP contribution in [0.3, 0.4) is 0 Å². The van der Waals surface area contributed by atoms with E-state index >= 15 is 4.39 Å². The number of pyridine rings is 2. The van der Waals surface area contributed by atoms with E-state index < -0.39 is 11.6 Å². The first kappa shape index (κ1) is 24.5. The molecule has 7 rings (SSSR count). The number of fused-ring (bicyclic) bond motifs is 5. The molecule has 0 saturated heterocycles. The van der Waals surface area contributed by atoms with Gasteiger partial charge in [-0.05, 0) is 67.7 Å². The van der Waals surface area contributed by atoms with E-state index in [4.69, 9.17) is 9.72 Å². The monoisotopic (exact) mass is 531 g/mol. The molecule has 9 heteroatoms. The van der Waals surface area contributed by atoms with E-state index in [2.05, 4.69) is 12.2 Å². The van der Waals surface area contributed by atoms with Gasteiger partial charge in [0.05, 0.1) is 35.1 Å². The Morgan fingerprint density at radius 3 is 2.74 bits per heavy atom. The molecule has 2 aliphatic heterocycles. The molecule has 0 bridgehead atoms. The molecule has 0 spiro atoms. The minimum atomic E-state index is -1.93. The van der Waals surface area contributed by atoms with E-state index in [0.717, 1.165) is 34.9 Å². The molecule has 202 valence electrons. The van der Waals surface area contributed by atoms with Crippen LogP contribution in [0.5, 0.6) is 0 Å². The lowest BCUT2D eigenvalue weighted by molar-refractivity contribution is -0.172. The summed E-state index contributed by atoms with van der Waals surface area (Å²) in [5, 5.41) is 15.3. The lowest BCUT2D eigenvalue weighted by Crippen LogP contribution is -2.44. The van der Waals surface area contributed by atoms with Crippen molar-refractivity contribution in [1.82, 2.24) is 14.9 Å². The summed E-state index contributed by atoms with van der Waals surface area (Å²) in [6, 6.07) is 2.80. The largest absolute Gasteiger partial charge is 0.458 e. The lowest BCUT2D eigenvalue weighted by atomic mass is 9.75. The van der Waals surface area contributed by atoms with Gasteiger partial charge in [-0.2, -0.15) is 0 Å². The number of carbonyl (C=O) groups is 2. The van der Waals surface area contributed by atoms with Crippen molar-refractivity contribution in [2.75, 3.05) is 0 Å². The number of halogens is 1. The molecular formula is C30H30FN3O5. The van der Waals surface area contributed by atoms with Gasteiger partial charge in [0.2, 0.25) is 5.91 Å². The van der Waals surface area contributed by atoms with Crippen LogP contribution in [0.4, 0.5) is 4.39 Å². The van der Waals surface area contributed by atoms with E-state index in [9.17, 15) is 19.5 Å². The second-order valence-corrected chi connectivity index (χ2v) is 11.7. The zero-order chi connectivity index (χ0) is 27.4. The smallest absolute Gasteiger partial charge is 0.343 e. The summed E-state index contributed by atoms with van der Waals surface area (Å²) >= 11 is 0.